The van der Waals surface area contributed by atoms with E-state index in [1.54, 1.807) is 12.1 Å². The van der Waals surface area contributed by atoms with Crippen LogP contribution in [0.25, 0.3) is 0 Å². The minimum atomic E-state index is -0.491. The van der Waals surface area contributed by atoms with E-state index in [0.29, 0.717) is 17.0 Å². The molecule has 0 aliphatic heterocycles. The van der Waals surface area contributed by atoms with E-state index < -0.39 is 5.82 Å². The van der Waals surface area contributed by atoms with Gasteiger partial charge in [-0.1, -0.05) is 6.07 Å². The predicted molar refractivity (Wildman–Crippen MR) is 70.3 cm³/mol. The number of aliphatic hydroxyl groups is 1. The van der Waals surface area contributed by atoms with Crippen LogP contribution in [-0.2, 0) is 13.2 Å². The maximum absolute atomic E-state index is 13.7. The number of halogens is 1. The fourth-order valence-electron chi connectivity index (χ4n) is 1.73. The molecule has 0 bridgehead atoms. The molecule has 5 heteroatoms. The van der Waals surface area contributed by atoms with Crippen LogP contribution in [0.2, 0.25) is 0 Å². The molecule has 1 N–H and O–H groups in total. The third-order valence-corrected chi connectivity index (χ3v) is 2.79. The lowest BCUT2D eigenvalue weighted by atomic mass is 10.1. The second-order valence-corrected chi connectivity index (χ2v) is 4.26. The Labute approximate surface area is 116 Å². The molecule has 0 unspecified atom stereocenters. The van der Waals surface area contributed by atoms with Gasteiger partial charge in [-0.2, -0.15) is 5.26 Å². The second-order valence-electron chi connectivity index (χ2n) is 4.26. The Hall–Kier alpha value is -2.45. The molecule has 102 valence electrons. The van der Waals surface area contributed by atoms with Gasteiger partial charge in [0.25, 0.3) is 0 Å². The zero-order valence-electron chi connectivity index (χ0n) is 10.9. The van der Waals surface area contributed by atoms with Gasteiger partial charge in [0.2, 0.25) is 0 Å². The molecule has 1 aromatic carbocycles. The summed E-state index contributed by atoms with van der Waals surface area (Å²) in [5.74, 6) is -0.0727. The van der Waals surface area contributed by atoms with Crippen molar-refractivity contribution in [2.45, 2.75) is 20.1 Å². The molecule has 1 aromatic heterocycles. The highest BCUT2D eigenvalue weighted by Gasteiger charge is 2.08. The van der Waals surface area contributed by atoms with Gasteiger partial charge in [-0.3, -0.25) is 4.98 Å². The molecule has 2 aromatic rings. The fourth-order valence-corrected chi connectivity index (χ4v) is 1.73. The summed E-state index contributed by atoms with van der Waals surface area (Å²) in [6.07, 6.45) is 0. The van der Waals surface area contributed by atoms with Crippen molar-refractivity contribution in [1.29, 1.82) is 5.26 Å². The number of rotatable bonds is 4. The molecular formula is C15H13FN2O2. The quantitative estimate of drug-likeness (QED) is 0.928. The molecule has 0 saturated heterocycles. The van der Waals surface area contributed by atoms with Crippen molar-refractivity contribution in [3.8, 4) is 11.8 Å². The molecule has 0 aliphatic rings. The number of aromatic nitrogens is 1. The lowest BCUT2D eigenvalue weighted by Crippen LogP contribution is -2.03. The van der Waals surface area contributed by atoms with Crippen molar-refractivity contribution in [3.63, 3.8) is 0 Å². The first-order chi connectivity index (χ1) is 9.63. The van der Waals surface area contributed by atoms with Crippen LogP contribution in [0.5, 0.6) is 5.75 Å². The number of hydrogen-bond acceptors (Lipinski definition) is 4. The molecule has 0 atom stereocenters. The Kier molecular flexibility index (Phi) is 4.28. The summed E-state index contributed by atoms with van der Waals surface area (Å²) in [7, 11) is 0. The first-order valence-electron chi connectivity index (χ1n) is 6.02. The molecule has 0 aliphatic carbocycles. The number of hydrogen-bond donors (Lipinski definition) is 1. The van der Waals surface area contributed by atoms with Gasteiger partial charge in [-0.05, 0) is 31.2 Å². The van der Waals surface area contributed by atoms with Crippen molar-refractivity contribution >= 4 is 0 Å². The monoisotopic (exact) mass is 272 g/mol. The molecule has 0 fully saturated rings. The largest absolute Gasteiger partial charge is 0.487 e. The third-order valence-electron chi connectivity index (χ3n) is 2.79. The summed E-state index contributed by atoms with van der Waals surface area (Å²) in [4.78, 5) is 4.14. The summed E-state index contributed by atoms with van der Waals surface area (Å²) in [5.41, 5.74) is 1.79. The number of benzene rings is 1. The summed E-state index contributed by atoms with van der Waals surface area (Å²) in [5, 5.41) is 17.9. The van der Waals surface area contributed by atoms with Gasteiger partial charge < -0.3 is 9.84 Å². The van der Waals surface area contributed by atoms with E-state index >= 15 is 0 Å². The Morgan fingerprint density at radius 1 is 1.35 bits per heavy atom. The smallest absolute Gasteiger partial charge is 0.143 e. The van der Waals surface area contributed by atoms with Crippen LogP contribution in [0.4, 0.5) is 4.39 Å². The van der Waals surface area contributed by atoms with Crippen LogP contribution < -0.4 is 4.74 Å². The summed E-state index contributed by atoms with van der Waals surface area (Å²) in [6.45, 7) is 1.57. The molecule has 20 heavy (non-hydrogen) atoms. The Morgan fingerprint density at radius 2 is 2.15 bits per heavy atom. The first-order valence-corrected chi connectivity index (χ1v) is 6.02. The van der Waals surface area contributed by atoms with Crippen LogP contribution >= 0.6 is 0 Å². The fraction of sp³-hybridized carbons (Fsp3) is 0.200. The van der Waals surface area contributed by atoms with E-state index in [2.05, 4.69) is 4.98 Å². The van der Waals surface area contributed by atoms with Crippen LogP contribution in [0.1, 0.15) is 22.5 Å². The standard InChI is InChI=1S/C15H13FN2O2/c1-10-2-5-15(14(8-19)18-10)20-9-12-4-3-11(7-17)6-13(12)16/h2-6,19H,8-9H2,1H3. The molecule has 0 radical (unpaired) electrons. The SMILES string of the molecule is Cc1ccc(OCc2ccc(C#N)cc2F)c(CO)n1. The summed E-state index contributed by atoms with van der Waals surface area (Å²) >= 11 is 0. The molecule has 1 heterocycles. The zero-order chi connectivity index (χ0) is 14.5. The van der Waals surface area contributed by atoms with E-state index in [1.165, 1.54) is 18.2 Å². The van der Waals surface area contributed by atoms with Gasteiger partial charge >= 0.3 is 0 Å². The number of nitrogens with zero attached hydrogens (tertiary/aromatic N) is 2. The summed E-state index contributed by atoms with van der Waals surface area (Å²) in [6, 6.07) is 9.52. The van der Waals surface area contributed by atoms with E-state index in [1.807, 2.05) is 13.0 Å². The molecular weight excluding hydrogens is 259 g/mol. The topological polar surface area (TPSA) is 66.1 Å². The van der Waals surface area contributed by atoms with E-state index in [4.69, 9.17) is 10.00 Å². The molecule has 0 saturated carbocycles. The van der Waals surface area contributed by atoms with Gasteiger partial charge in [0, 0.05) is 11.3 Å². The average Bonchev–Trinajstić information content (AvgIpc) is 2.46. The first kappa shape index (κ1) is 14.0. The van der Waals surface area contributed by atoms with E-state index in [-0.39, 0.29) is 18.8 Å². The minimum Gasteiger partial charge on any atom is -0.487 e. The van der Waals surface area contributed by atoms with Crippen LogP contribution in [0, 0.1) is 24.1 Å². The predicted octanol–water partition coefficient (Wildman–Crippen LogP) is 2.47. The minimum absolute atomic E-state index is 0.00921. The molecule has 2 rings (SSSR count). The Balaban J connectivity index is 2.15. The van der Waals surface area contributed by atoms with Gasteiger partial charge in [-0.15, -0.1) is 0 Å². The van der Waals surface area contributed by atoms with Crippen LogP contribution in [0.3, 0.4) is 0 Å². The number of ether oxygens (including phenoxy) is 1. The average molecular weight is 272 g/mol. The van der Waals surface area contributed by atoms with Gasteiger partial charge in [0.15, 0.2) is 0 Å². The van der Waals surface area contributed by atoms with Crippen molar-refractivity contribution in [2.24, 2.45) is 0 Å². The van der Waals surface area contributed by atoms with Crippen molar-refractivity contribution < 1.29 is 14.2 Å². The molecule has 0 spiro atoms. The number of nitriles is 1. The van der Waals surface area contributed by atoms with E-state index in [9.17, 15) is 9.50 Å². The normalized spacial score (nSPS) is 10.1. The summed E-state index contributed by atoms with van der Waals surface area (Å²) < 4.78 is 19.2. The Bertz CT molecular complexity index is 665. The zero-order valence-corrected chi connectivity index (χ0v) is 10.9. The Morgan fingerprint density at radius 3 is 2.80 bits per heavy atom. The highest BCUT2D eigenvalue weighted by Crippen LogP contribution is 2.19. The highest BCUT2D eigenvalue weighted by atomic mass is 19.1. The maximum Gasteiger partial charge on any atom is 0.143 e. The number of pyridine rings is 1. The number of aryl methyl sites for hydroxylation is 1. The van der Waals surface area contributed by atoms with Gasteiger partial charge in [0.05, 0.1) is 18.2 Å². The van der Waals surface area contributed by atoms with E-state index in [0.717, 1.165) is 5.69 Å². The third kappa shape index (κ3) is 3.11. The number of aliphatic hydroxyl groups excluding tert-OH is 1. The van der Waals surface area contributed by atoms with Crippen molar-refractivity contribution in [3.05, 3.63) is 58.7 Å². The lowest BCUT2D eigenvalue weighted by molar-refractivity contribution is 0.251. The van der Waals surface area contributed by atoms with Crippen molar-refractivity contribution in [2.75, 3.05) is 0 Å². The highest BCUT2D eigenvalue weighted by molar-refractivity contribution is 5.33. The maximum atomic E-state index is 13.7. The molecule has 4 nitrogen and oxygen atoms in total. The van der Waals surface area contributed by atoms with Crippen LogP contribution in [-0.4, -0.2) is 10.1 Å². The lowest BCUT2D eigenvalue weighted by Gasteiger charge is -2.10. The second kappa shape index (κ2) is 6.13. The van der Waals surface area contributed by atoms with Crippen LogP contribution in [0.15, 0.2) is 30.3 Å². The van der Waals surface area contributed by atoms with Crippen molar-refractivity contribution in [1.82, 2.24) is 4.98 Å². The van der Waals surface area contributed by atoms with Gasteiger partial charge in [0.1, 0.15) is 23.9 Å². The van der Waals surface area contributed by atoms with Gasteiger partial charge in [-0.25, -0.2) is 4.39 Å². The molecule has 0 amide bonds.